The second kappa shape index (κ2) is 10.2. The Balaban J connectivity index is 1.14. The first-order valence-electron chi connectivity index (χ1n) is 18.4. The van der Waals surface area contributed by atoms with Crippen molar-refractivity contribution >= 4 is 76.5 Å². The van der Waals surface area contributed by atoms with Gasteiger partial charge in [0.2, 0.25) is 0 Å². The zero-order valence-corrected chi connectivity index (χ0v) is 30.2. The van der Waals surface area contributed by atoms with Crippen LogP contribution in [0.5, 0.6) is 0 Å². The van der Waals surface area contributed by atoms with E-state index in [0.717, 1.165) is 0 Å². The highest BCUT2D eigenvalue weighted by Crippen LogP contribution is 2.65. The molecule has 2 aromatic heterocycles. The Morgan fingerprint density at radius 2 is 1.26 bits per heavy atom. The monoisotopic (exact) mass is 710 g/mol. The molecule has 53 heavy (non-hydrogen) atoms. The van der Waals surface area contributed by atoms with Gasteiger partial charge in [-0.25, -0.2) is 0 Å². The lowest BCUT2D eigenvalue weighted by molar-refractivity contribution is 0.655. The van der Waals surface area contributed by atoms with Gasteiger partial charge in [-0.15, -0.1) is 11.3 Å². The van der Waals surface area contributed by atoms with Crippen LogP contribution in [0.2, 0.25) is 0 Å². The van der Waals surface area contributed by atoms with Crippen molar-refractivity contribution < 1.29 is 0 Å². The molecule has 0 N–H and O–H groups in total. The maximum atomic E-state index is 2.67. The standard InChI is InChI=1S/C49H30N2S2/c1-6-19-40-31(13-1)34-25-26-39-48(47(34)50(40)29-24-27-44-35(28-29)32-14-3-9-22-43(32)52-44)53-45-23-10-5-17-37(45)49(39)36-16-4-8-21-42(36)51-41-20-7-2-12-30(41)33-15-11-18-38(49)46(33)51/h1-28,34,47H. The Kier molecular flexibility index (Phi) is 5.53. The third kappa shape index (κ3) is 3.47. The average Bonchev–Trinajstić information content (AvgIpc) is 3.88. The number of allylic oxidation sites excluding steroid dienone is 2. The van der Waals surface area contributed by atoms with Crippen LogP contribution >= 0.6 is 23.1 Å². The zero-order valence-electron chi connectivity index (χ0n) is 28.5. The van der Waals surface area contributed by atoms with E-state index in [4.69, 9.17) is 0 Å². The molecule has 9 aromatic rings. The number of fused-ring (bicyclic) bond motifs is 17. The van der Waals surface area contributed by atoms with Crippen molar-refractivity contribution in [2.45, 2.75) is 22.3 Å². The smallest absolute Gasteiger partial charge is 0.0761 e. The predicted octanol–water partition coefficient (Wildman–Crippen LogP) is 13.0. The highest BCUT2D eigenvalue weighted by Gasteiger charge is 2.54. The Hall–Kier alpha value is -5.81. The van der Waals surface area contributed by atoms with Crippen molar-refractivity contribution in [3.8, 4) is 5.69 Å². The number of aromatic nitrogens is 1. The summed E-state index contributed by atoms with van der Waals surface area (Å²) < 4.78 is 5.22. The number of nitrogens with zero attached hydrogens (tertiary/aromatic N) is 2. The maximum Gasteiger partial charge on any atom is 0.0761 e. The fourth-order valence-electron chi connectivity index (χ4n) is 10.4. The molecule has 7 aromatic carbocycles. The van der Waals surface area contributed by atoms with E-state index in [1.807, 2.05) is 23.1 Å². The topological polar surface area (TPSA) is 8.17 Å². The van der Waals surface area contributed by atoms with Crippen LogP contribution in [0.25, 0.3) is 47.7 Å². The van der Waals surface area contributed by atoms with Crippen LogP contribution in [0.4, 0.5) is 11.4 Å². The van der Waals surface area contributed by atoms with Gasteiger partial charge in [0, 0.05) is 58.0 Å². The van der Waals surface area contributed by atoms with E-state index in [1.54, 1.807) is 0 Å². The molecule has 0 fully saturated rings. The van der Waals surface area contributed by atoms with Crippen LogP contribution < -0.4 is 4.90 Å². The summed E-state index contributed by atoms with van der Waals surface area (Å²) in [7, 11) is 0. The van der Waals surface area contributed by atoms with Crippen molar-refractivity contribution in [1.29, 1.82) is 0 Å². The first-order chi connectivity index (χ1) is 26.3. The molecule has 4 heteroatoms. The highest BCUT2D eigenvalue weighted by atomic mass is 32.2. The molecule has 0 saturated carbocycles. The van der Waals surface area contributed by atoms with Gasteiger partial charge in [0.1, 0.15) is 0 Å². The molecule has 3 aliphatic heterocycles. The molecule has 13 rings (SSSR count). The van der Waals surface area contributed by atoms with E-state index in [1.165, 1.54) is 96.7 Å². The molecule has 3 unspecified atom stereocenters. The van der Waals surface area contributed by atoms with E-state index in [9.17, 15) is 0 Å². The van der Waals surface area contributed by atoms with E-state index in [2.05, 4.69) is 179 Å². The molecule has 1 spiro atoms. The summed E-state index contributed by atoms with van der Waals surface area (Å²) in [5, 5.41) is 5.29. The molecule has 248 valence electrons. The summed E-state index contributed by atoms with van der Waals surface area (Å²) in [5.41, 5.74) is 12.8. The van der Waals surface area contributed by atoms with Gasteiger partial charge in [0.05, 0.1) is 28.2 Å². The van der Waals surface area contributed by atoms with E-state index in [-0.39, 0.29) is 12.0 Å². The summed E-state index contributed by atoms with van der Waals surface area (Å²) in [4.78, 5) is 5.46. The van der Waals surface area contributed by atoms with Crippen molar-refractivity contribution in [3.63, 3.8) is 0 Å². The first kappa shape index (κ1) is 28.7. The predicted molar refractivity (Wildman–Crippen MR) is 224 cm³/mol. The normalized spacial score (nSPS) is 20.6. The largest absolute Gasteiger partial charge is 0.332 e. The molecular formula is C49H30N2S2. The second-order valence-corrected chi connectivity index (χ2v) is 16.9. The number of thioether (sulfide) groups is 1. The molecule has 0 radical (unpaired) electrons. The van der Waals surface area contributed by atoms with Crippen LogP contribution in [-0.4, -0.2) is 10.6 Å². The Morgan fingerprint density at radius 3 is 2.21 bits per heavy atom. The number of anilines is 2. The highest BCUT2D eigenvalue weighted by molar-refractivity contribution is 8.03. The second-order valence-electron chi connectivity index (χ2n) is 14.7. The Bertz CT molecular complexity index is 3140. The average molecular weight is 711 g/mol. The van der Waals surface area contributed by atoms with Crippen LogP contribution in [0.1, 0.15) is 28.2 Å². The van der Waals surface area contributed by atoms with Gasteiger partial charge in [-0.05, 0) is 76.4 Å². The van der Waals surface area contributed by atoms with Crippen LogP contribution in [0.15, 0.2) is 185 Å². The summed E-state index contributed by atoms with van der Waals surface area (Å²) in [6.07, 6.45) is 5.05. The number of rotatable bonds is 1. The van der Waals surface area contributed by atoms with Gasteiger partial charge in [-0.2, -0.15) is 0 Å². The fraction of sp³-hybridized carbons (Fsp3) is 0.0612. The van der Waals surface area contributed by atoms with Crippen LogP contribution in [0, 0.1) is 0 Å². The van der Waals surface area contributed by atoms with Crippen molar-refractivity contribution in [3.05, 3.63) is 203 Å². The fourth-order valence-corrected chi connectivity index (χ4v) is 12.9. The van der Waals surface area contributed by atoms with E-state index >= 15 is 0 Å². The van der Waals surface area contributed by atoms with Gasteiger partial charge in [-0.1, -0.05) is 133 Å². The summed E-state index contributed by atoms with van der Waals surface area (Å²) >= 11 is 3.88. The third-order valence-corrected chi connectivity index (χ3v) is 14.8. The van der Waals surface area contributed by atoms with Crippen LogP contribution in [-0.2, 0) is 5.41 Å². The molecule has 5 heterocycles. The summed E-state index contributed by atoms with van der Waals surface area (Å²) in [6.45, 7) is 0. The number of hydrogen-bond donors (Lipinski definition) is 0. The minimum atomic E-state index is -0.493. The summed E-state index contributed by atoms with van der Waals surface area (Å²) in [6, 6.07) is 59.7. The molecule has 0 bridgehead atoms. The first-order valence-corrected chi connectivity index (χ1v) is 20.1. The lowest BCUT2D eigenvalue weighted by Crippen LogP contribution is -2.42. The molecular weight excluding hydrogens is 681 g/mol. The Morgan fingerprint density at radius 1 is 0.547 bits per heavy atom. The van der Waals surface area contributed by atoms with Gasteiger partial charge in [0.15, 0.2) is 0 Å². The molecule has 1 aliphatic carbocycles. The SMILES string of the molecule is C1=CC2c3ccccc3N(c3ccc4sc5ccccc5c4c3)C2C2=C1C1(c3ccccc3S2)c2ccccc2-n2c3ccccc3c3cccc1c32. The van der Waals surface area contributed by atoms with E-state index < -0.39 is 5.41 Å². The lowest BCUT2D eigenvalue weighted by Gasteiger charge is -2.49. The van der Waals surface area contributed by atoms with Gasteiger partial charge >= 0.3 is 0 Å². The quantitative estimate of drug-likeness (QED) is 0.168. The number of hydrogen-bond acceptors (Lipinski definition) is 3. The van der Waals surface area contributed by atoms with Gasteiger partial charge in [0.25, 0.3) is 0 Å². The van der Waals surface area contributed by atoms with Crippen molar-refractivity contribution in [1.82, 2.24) is 4.57 Å². The van der Waals surface area contributed by atoms with Gasteiger partial charge in [-0.3, -0.25) is 0 Å². The zero-order chi connectivity index (χ0) is 34.4. The minimum Gasteiger partial charge on any atom is -0.332 e. The van der Waals surface area contributed by atoms with E-state index in [0.29, 0.717) is 0 Å². The molecule has 4 aliphatic rings. The number of benzene rings is 7. The van der Waals surface area contributed by atoms with Gasteiger partial charge < -0.3 is 9.47 Å². The van der Waals surface area contributed by atoms with Crippen LogP contribution in [0.3, 0.4) is 0 Å². The Labute approximate surface area is 314 Å². The minimum absolute atomic E-state index is 0.115. The summed E-state index contributed by atoms with van der Waals surface area (Å²) in [5.74, 6) is 0.232. The molecule has 0 saturated heterocycles. The molecule has 3 atom stereocenters. The number of thiophene rings is 1. The van der Waals surface area contributed by atoms with Crippen molar-refractivity contribution in [2.24, 2.45) is 0 Å². The third-order valence-electron chi connectivity index (χ3n) is 12.4. The molecule has 0 amide bonds. The molecule has 2 nitrogen and oxygen atoms in total. The maximum absolute atomic E-state index is 2.67. The number of para-hydroxylation sites is 4. The lowest BCUT2D eigenvalue weighted by atomic mass is 9.61. The van der Waals surface area contributed by atoms with Crippen molar-refractivity contribution in [2.75, 3.05) is 4.90 Å².